The Bertz CT molecular complexity index is 280. The largest absolute Gasteiger partial charge is 0.444 e. The van der Waals surface area contributed by atoms with Crippen molar-refractivity contribution in [1.82, 2.24) is 5.32 Å². The summed E-state index contributed by atoms with van der Waals surface area (Å²) < 4.78 is 4.97. The molecule has 0 fully saturated rings. The van der Waals surface area contributed by atoms with Gasteiger partial charge in [-0.1, -0.05) is 12.8 Å². The number of amides is 1. The van der Waals surface area contributed by atoms with Gasteiger partial charge in [0.15, 0.2) is 6.29 Å². The van der Waals surface area contributed by atoms with Gasteiger partial charge in [0.1, 0.15) is 11.6 Å². The highest BCUT2D eigenvalue weighted by molar-refractivity contribution is 5.75. The molecule has 0 radical (unpaired) electrons. The van der Waals surface area contributed by atoms with Gasteiger partial charge in [0.05, 0.1) is 0 Å². The molecular weight excluding hydrogens is 194 g/mol. The topological polar surface area (TPSA) is 55.4 Å². The monoisotopic (exact) mass is 211 g/mol. The number of rotatable bonds is 2. The van der Waals surface area contributed by atoms with Gasteiger partial charge >= 0.3 is 6.09 Å². The molecule has 84 valence electrons. The first kappa shape index (κ1) is 13.5. The molecule has 1 atom stereocenters. The molecule has 0 aromatic carbocycles. The first-order valence-electron chi connectivity index (χ1n) is 4.82. The molecule has 0 aromatic rings. The van der Waals surface area contributed by atoms with Crippen LogP contribution in [0.3, 0.4) is 0 Å². The molecule has 15 heavy (non-hydrogen) atoms. The fourth-order valence-electron chi connectivity index (χ4n) is 0.751. The standard InChI is InChI=1S/C11H17NO3/c1-5-6-7-9(8-13)12-10(14)15-11(2,3)4/h8-9H,5H2,1-4H3,(H,12,14). The summed E-state index contributed by atoms with van der Waals surface area (Å²) in [5.74, 6) is 5.32. The minimum Gasteiger partial charge on any atom is -0.444 e. The zero-order valence-corrected chi connectivity index (χ0v) is 9.59. The highest BCUT2D eigenvalue weighted by Crippen LogP contribution is 2.06. The van der Waals surface area contributed by atoms with Crippen LogP contribution in [0.15, 0.2) is 0 Å². The summed E-state index contributed by atoms with van der Waals surface area (Å²) in [5, 5.41) is 2.36. The lowest BCUT2D eigenvalue weighted by Gasteiger charge is -2.20. The molecule has 0 aromatic heterocycles. The van der Waals surface area contributed by atoms with Gasteiger partial charge in [-0.05, 0) is 20.8 Å². The van der Waals surface area contributed by atoms with Crippen LogP contribution in [-0.4, -0.2) is 24.0 Å². The lowest BCUT2D eigenvalue weighted by Crippen LogP contribution is -2.39. The van der Waals surface area contributed by atoms with E-state index in [0.717, 1.165) is 0 Å². The van der Waals surface area contributed by atoms with Crippen LogP contribution in [-0.2, 0) is 9.53 Å². The van der Waals surface area contributed by atoms with Gasteiger partial charge in [-0.15, -0.1) is 5.92 Å². The normalized spacial score (nSPS) is 12.0. The quantitative estimate of drug-likeness (QED) is 0.556. The van der Waals surface area contributed by atoms with Gasteiger partial charge < -0.3 is 10.1 Å². The number of hydrogen-bond donors (Lipinski definition) is 1. The van der Waals surface area contributed by atoms with Crippen LogP contribution in [0.4, 0.5) is 4.79 Å². The Hall–Kier alpha value is -1.50. The van der Waals surface area contributed by atoms with Crippen molar-refractivity contribution in [3.8, 4) is 11.8 Å². The highest BCUT2D eigenvalue weighted by Gasteiger charge is 2.17. The minimum atomic E-state index is -0.792. The molecule has 0 aliphatic carbocycles. The highest BCUT2D eigenvalue weighted by atomic mass is 16.6. The van der Waals surface area contributed by atoms with E-state index in [0.29, 0.717) is 12.7 Å². The Morgan fingerprint density at radius 3 is 2.53 bits per heavy atom. The van der Waals surface area contributed by atoms with Gasteiger partial charge in [-0.2, -0.15) is 0 Å². The summed E-state index contributed by atoms with van der Waals surface area (Å²) >= 11 is 0. The van der Waals surface area contributed by atoms with Crippen LogP contribution in [0.2, 0.25) is 0 Å². The Morgan fingerprint density at radius 2 is 2.13 bits per heavy atom. The van der Waals surface area contributed by atoms with Crippen LogP contribution in [0.25, 0.3) is 0 Å². The van der Waals surface area contributed by atoms with Gasteiger partial charge in [0, 0.05) is 6.42 Å². The smallest absolute Gasteiger partial charge is 0.408 e. The summed E-state index contributed by atoms with van der Waals surface area (Å²) in [5.41, 5.74) is -0.574. The van der Waals surface area contributed by atoms with Gasteiger partial charge in [0.25, 0.3) is 0 Å². The van der Waals surface area contributed by atoms with Gasteiger partial charge in [0.2, 0.25) is 0 Å². The molecular formula is C11H17NO3. The number of ether oxygens (including phenoxy) is 1. The second kappa shape index (κ2) is 6.07. The molecule has 1 unspecified atom stereocenters. The summed E-state index contributed by atoms with van der Waals surface area (Å²) in [6, 6.07) is -0.792. The summed E-state index contributed by atoms with van der Waals surface area (Å²) in [4.78, 5) is 21.8. The van der Waals surface area contributed by atoms with E-state index in [1.54, 1.807) is 20.8 Å². The fraction of sp³-hybridized carbons (Fsp3) is 0.636. The minimum absolute atomic E-state index is 0.574. The number of carbonyl (C=O) groups excluding carboxylic acids is 2. The molecule has 0 aliphatic heterocycles. The molecule has 1 amide bonds. The molecule has 4 nitrogen and oxygen atoms in total. The first-order chi connectivity index (χ1) is 6.89. The molecule has 1 N–H and O–H groups in total. The molecule has 0 saturated heterocycles. The van der Waals surface area contributed by atoms with Crippen molar-refractivity contribution in [3.05, 3.63) is 0 Å². The van der Waals surface area contributed by atoms with E-state index < -0.39 is 17.7 Å². The maximum atomic E-state index is 11.2. The van der Waals surface area contributed by atoms with Crippen molar-refractivity contribution in [3.63, 3.8) is 0 Å². The fourth-order valence-corrected chi connectivity index (χ4v) is 0.751. The molecule has 0 spiro atoms. The second-order valence-electron chi connectivity index (χ2n) is 3.93. The Labute approximate surface area is 90.4 Å². The Balaban J connectivity index is 4.19. The third-order valence-electron chi connectivity index (χ3n) is 1.24. The second-order valence-corrected chi connectivity index (χ2v) is 3.93. The zero-order chi connectivity index (χ0) is 11.9. The lowest BCUT2D eigenvalue weighted by molar-refractivity contribution is -0.108. The van der Waals surface area contributed by atoms with Crippen LogP contribution in [0.5, 0.6) is 0 Å². The van der Waals surface area contributed by atoms with E-state index in [9.17, 15) is 9.59 Å². The van der Waals surface area contributed by atoms with E-state index in [-0.39, 0.29) is 0 Å². The van der Waals surface area contributed by atoms with Crippen molar-refractivity contribution in [2.45, 2.75) is 45.8 Å². The molecule has 4 heteroatoms. The van der Waals surface area contributed by atoms with E-state index >= 15 is 0 Å². The zero-order valence-electron chi connectivity index (χ0n) is 9.59. The molecule has 0 saturated carbocycles. The van der Waals surface area contributed by atoms with Crippen LogP contribution < -0.4 is 5.32 Å². The van der Waals surface area contributed by atoms with Gasteiger partial charge in [-0.3, -0.25) is 4.79 Å². The summed E-state index contributed by atoms with van der Waals surface area (Å²) in [6.45, 7) is 7.11. The van der Waals surface area contributed by atoms with E-state index in [4.69, 9.17) is 4.74 Å². The van der Waals surface area contributed by atoms with E-state index in [1.807, 2.05) is 6.92 Å². The average Bonchev–Trinajstić information content (AvgIpc) is 2.09. The summed E-state index contributed by atoms with van der Waals surface area (Å²) in [7, 11) is 0. The van der Waals surface area contributed by atoms with Crippen LogP contribution >= 0.6 is 0 Å². The number of alkyl carbamates (subject to hydrolysis) is 1. The van der Waals surface area contributed by atoms with E-state index in [1.165, 1.54) is 0 Å². The van der Waals surface area contributed by atoms with Crippen molar-refractivity contribution in [2.24, 2.45) is 0 Å². The molecule has 0 bridgehead atoms. The predicted octanol–water partition coefficient (Wildman–Crippen LogP) is 1.49. The molecule has 0 heterocycles. The predicted molar refractivity (Wildman–Crippen MR) is 57.3 cm³/mol. The van der Waals surface area contributed by atoms with Crippen LogP contribution in [0.1, 0.15) is 34.1 Å². The number of hydrogen-bond acceptors (Lipinski definition) is 3. The lowest BCUT2D eigenvalue weighted by atomic mass is 10.2. The number of nitrogens with one attached hydrogen (secondary N) is 1. The van der Waals surface area contributed by atoms with Crippen molar-refractivity contribution < 1.29 is 14.3 Å². The third kappa shape index (κ3) is 7.56. The van der Waals surface area contributed by atoms with Crippen LogP contribution in [0, 0.1) is 11.8 Å². The SMILES string of the molecule is CCC#CC(C=O)NC(=O)OC(C)(C)C. The van der Waals surface area contributed by atoms with Crippen molar-refractivity contribution in [2.75, 3.05) is 0 Å². The van der Waals surface area contributed by atoms with Gasteiger partial charge in [-0.25, -0.2) is 4.79 Å². The van der Waals surface area contributed by atoms with Crippen molar-refractivity contribution in [1.29, 1.82) is 0 Å². The number of aldehydes is 1. The summed E-state index contributed by atoms with van der Waals surface area (Å²) in [6.07, 6.45) is 0.581. The Morgan fingerprint density at radius 1 is 1.53 bits per heavy atom. The first-order valence-corrected chi connectivity index (χ1v) is 4.82. The molecule has 0 rings (SSSR count). The van der Waals surface area contributed by atoms with E-state index in [2.05, 4.69) is 17.2 Å². The molecule has 0 aliphatic rings. The maximum Gasteiger partial charge on any atom is 0.408 e. The average molecular weight is 211 g/mol. The van der Waals surface area contributed by atoms with Crippen molar-refractivity contribution >= 4 is 12.4 Å². The number of carbonyl (C=O) groups is 2. The maximum absolute atomic E-state index is 11.2. The third-order valence-corrected chi connectivity index (χ3v) is 1.24. The Kier molecular flexibility index (Phi) is 5.46.